The Morgan fingerprint density at radius 2 is 2.09 bits per heavy atom. The van der Waals surface area contributed by atoms with E-state index in [1.54, 1.807) is 18.2 Å². The summed E-state index contributed by atoms with van der Waals surface area (Å²) < 4.78 is 5.34. The van der Waals surface area contributed by atoms with Crippen LogP contribution in [0, 0.1) is 11.3 Å². The molecule has 5 rings (SSSR count). The number of piperidine rings is 1. The zero-order valence-electron chi connectivity index (χ0n) is 18.3. The van der Waals surface area contributed by atoms with Crippen LogP contribution in [0.3, 0.4) is 0 Å². The molecule has 1 fully saturated rings. The zero-order chi connectivity index (χ0) is 23.5. The lowest BCUT2D eigenvalue weighted by Crippen LogP contribution is -2.52. The first kappa shape index (κ1) is 21.8. The number of carbonyl (C=O) groups is 2. The van der Waals surface area contributed by atoms with Crippen LogP contribution in [0.2, 0.25) is 0 Å². The predicted octanol–water partition coefficient (Wildman–Crippen LogP) is 1.68. The molecule has 172 valence electrons. The second kappa shape index (κ2) is 9.43. The topological polar surface area (TPSA) is 141 Å². The summed E-state index contributed by atoms with van der Waals surface area (Å²) in [5.41, 5.74) is 2.30. The molecule has 2 aromatic heterocycles. The van der Waals surface area contributed by atoms with E-state index in [0.29, 0.717) is 48.0 Å². The molecule has 0 bridgehead atoms. The van der Waals surface area contributed by atoms with Gasteiger partial charge in [-0.05, 0) is 43.2 Å². The lowest BCUT2D eigenvalue weighted by molar-refractivity contribution is -0.119. The van der Waals surface area contributed by atoms with E-state index in [1.165, 1.54) is 0 Å². The van der Waals surface area contributed by atoms with Crippen LogP contribution in [0.25, 0.3) is 10.9 Å². The summed E-state index contributed by atoms with van der Waals surface area (Å²) in [6.07, 6.45) is 1.49. The Morgan fingerprint density at radius 3 is 2.91 bits per heavy atom. The number of amides is 2. The third kappa shape index (κ3) is 4.66. The van der Waals surface area contributed by atoms with Gasteiger partial charge >= 0.3 is 0 Å². The molecule has 0 spiro atoms. The highest BCUT2D eigenvalue weighted by atomic mass is 16.5. The number of hydrogen-bond acceptors (Lipinski definition) is 8. The van der Waals surface area contributed by atoms with Gasteiger partial charge in [-0.25, -0.2) is 9.97 Å². The first-order valence-electron chi connectivity index (χ1n) is 11.1. The second-order valence-corrected chi connectivity index (χ2v) is 8.28. The van der Waals surface area contributed by atoms with Crippen molar-refractivity contribution in [2.45, 2.75) is 31.5 Å². The van der Waals surface area contributed by atoms with Crippen molar-refractivity contribution in [2.24, 2.45) is 0 Å². The Balaban J connectivity index is 1.15. The predicted molar refractivity (Wildman–Crippen MR) is 125 cm³/mol. The minimum Gasteiger partial charge on any atom is -0.480 e. The first-order valence-corrected chi connectivity index (χ1v) is 11.1. The molecular formula is C24H23N7O3. The maximum Gasteiger partial charge on any atom is 0.263 e. The molecule has 2 aliphatic rings. The molecular weight excluding hydrogens is 434 g/mol. The number of anilines is 2. The summed E-state index contributed by atoms with van der Waals surface area (Å²) in [5.74, 6) is 0.679. The monoisotopic (exact) mass is 457 g/mol. The molecule has 1 saturated heterocycles. The van der Waals surface area contributed by atoms with Crippen molar-refractivity contribution in [3.8, 4) is 11.8 Å². The molecule has 4 N–H and O–H groups in total. The van der Waals surface area contributed by atoms with Crippen LogP contribution < -0.4 is 26.0 Å². The number of fused-ring (bicyclic) bond motifs is 2. The summed E-state index contributed by atoms with van der Waals surface area (Å²) in [6.45, 7) is 1.18. The maximum absolute atomic E-state index is 12.9. The van der Waals surface area contributed by atoms with Crippen molar-refractivity contribution >= 4 is 34.2 Å². The molecule has 2 aliphatic heterocycles. The number of hydrogen-bond donors (Lipinski definition) is 4. The van der Waals surface area contributed by atoms with Crippen LogP contribution in [0.1, 0.15) is 24.2 Å². The van der Waals surface area contributed by atoms with Crippen LogP contribution in [-0.2, 0) is 16.1 Å². The van der Waals surface area contributed by atoms with Crippen molar-refractivity contribution in [1.82, 2.24) is 20.6 Å². The van der Waals surface area contributed by atoms with Gasteiger partial charge in [-0.3, -0.25) is 9.59 Å². The molecule has 2 atom stereocenters. The number of nitrogens with zero attached hydrogens (tertiary/aromatic N) is 3. The fraction of sp³-hybridized carbons (Fsp3) is 0.292. The zero-order valence-corrected chi connectivity index (χ0v) is 18.3. The van der Waals surface area contributed by atoms with E-state index < -0.39 is 0 Å². The normalized spacial score (nSPS) is 19.4. The summed E-state index contributed by atoms with van der Waals surface area (Å²) >= 11 is 0. The fourth-order valence-corrected chi connectivity index (χ4v) is 4.14. The van der Waals surface area contributed by atoms with Gasteiger partial charge in [-0.15, -0.1) is 0 Å². The number of carbonyl (C=O) groups excluding carboxylic acids is 2. The molecule has 0 aliphatic carbocycles. The largest absolute Gasteiger partial charge is 0.480 e. The van der Waals surface area contributed by atoms with Crippen LogP contribution in [0.4, 0.5) is 11.5 Å². The molecule has 0 saturated carbocycles. The summed E-state index contributed by atoms with van der Waals surface area (Å²) in [4.78, 5) is 33.1. The summed E-state index contributed by atoms with van der Waals surface area (Å²) in [7, 11) is 0. The van der Waals surface area contributed by atoms with E-state index in [-0.39, 0.29) is 30.5 Å². The van der Waals surface area contributed by atoms with E-state index in [1.807, 2.05) is 30.3 Å². The molecule has 34 heavy (non-hydrogen) atoms. The van der Waals surface area contributed by atoms with Gasteiger partial charge in [-0.2, -0.15) is 5.26 Å². The van der Waals surface area contributed by atoms with Crippen LogP contribution in [0.15, 0.2) is 42.5 Å². The van der Waals surface area contributed by atoms with E-state index in [2.05, 4.69) is 31.2 Å². The van der Waals surface area contributed by atoms with Crippen molar-refractivity contribution < 1.29 is 14.3 Å². The number of pyridine rings is 2. The van der Waals surface area contributed by atoms with E-state index in [4.69, 9.17) is 10.00 Å². The smallest absolute Gasteiger partial charge is 0.263 e. The van der Waals surface area contributed by atoms with Crippen molar-refractivity contribution in [1.29, 1.82) is 5.26 Å². The fourth-order valence-electron chi connectivity index (χ4n) is 4.14. The minimum absolute atomic E-state index is 0.00662. The number of rotatable bonds is 5. The average Bonchev–Trinajstić information content (AvgIpc) is 2.87. The Labute approximate surface area is 195 Å². The van der Waals surface area contributed by atoms with Gasteiger partial charge in [0.05, 0.1) is 22.9 Å². The molecule has 10 nitrogen and oxygen atoms in total. The molecule has 4 heterocycles. The van der Waals surface area contributed by atoms with Crippen LogP contribution >= 0.6 is 0 Å². The highest BCUT2D eigenvalue weighted by Crippen LogP contribution is 2.25. The molecule has 0 radical (unpaired) electrons. The minimum atomic E-state index is -0.318. The third-order valence-electron chi connectivity index (χ3n) is 5.93. The van der Waals surface area contributed by atoms with Gasteiger partial charge in [0.2, 0.25) is 5.91 Å². The first-order chi connectivity index (χ1) is 16.6. The average molecular weight is 457 g/mol. The highest BCUT2D eigenvalue weighted by Gasteiger charge is 2.26. The van der Waals surface area contributed by atoms with Gasteiger partial charge in [0.25, 0.3) is 5.91 Å². The van der Waals surface area contributed by atoms with Crippen LogP contribution in [-0.4, -0.2) is 47.0 Å². The lowest BCUT2D eigenvalue weighted by Gasteiger charge is -2.30. The third-order valence-corrected chi connectivity index (χ3v) is 5.93. The second-order valence-electron chi connectivity index (χ2n) is 8.28. The quantitative estimate of drug-likeness (QED) is 0.454. The van der Waals surface area contributed by atoms with Gasteiger partial charge in [0.15, 0.2) is 18.2 Å². The number of para-hydroxylation sites is 1. The Hall–Kier alpha value is -4.07. The molecule has 2 amide bonds. The Kier molecular flexibility index (Phi) is 6.03. The van der Waals surface area contributed by atoms with Crippen molar-refractivity contribution in [2.75, 3.05) is 23.8 Å². The Morgan fingerprint density at radius 1 is 1.18 bits per heavy atom. The highest BCUT2D eigenvalue weighted by molar-refractivity contribution is 6.02. The van der Waals surface area contributed by atoms with Gasteiger partial charge in [0, 0.05) is 24.5 Å². The molecule has 10 heteroatoms. The number of nitrogens with one attached hydrogen (secondary N) is 4. The molecule has 2 unspecified atom stereocenters. The van der Waals surface area contributed by atoms with Crippen molar-refractivity contribution in [3.63, 3.8) is 0 Å². The lowest BCUT2D eigenvalue weighted by atomic mass is 10.00. The van der Waals surface area contributed by atoms with E-state index in [0.717, 1.165) is 17.5 Å². The van der Waals surface area contributed by atoms with Gasteiger partial charge < -0.3 is 26.0 Å². The Bertz CT molecular complexity index is 1300. The number of benzene rings is 1. The standard InChI is InChI=1S/C24H23N7O3/c25-10-15-5-4-14-2-1-3-18(22(14)28-15)30-24(33)19-8-6-16(11-27-19)26-12-17-7-9-20-23(29-17)31-21(32)13-34-20/h1-5,7,9,16,19,26-27H,6,8,11-13H2,(H,30,33)(H,29,31,32). The van der Waals surface area contributed by atoms with E-state index >= 15 is 0 Å². The van der Waals surface area contributed by atoms with Gasteiger partial charge in [0.1, 0.15) is 11.8 Å². The van der Waals surface area contributed by atoms with Crippen molar-refractivity contribution in [3.05, 3.63) is 53.9 Å². The maximum atomic E-state index is 12.9. The summed E-state index contributed by atoms with van der Waals surface area (Å²) in [6, 6.07) is 14.6. The SMILES string of the molecule is N#Cc1ccc2cccc(NC(=O)C3CCC(NCc4ccc5c(n4)NC(=O)CO5)CN3)c2n1. The molecule has 3 aromatic rings. The van der Waals surface area contributed by atoms with Crippen LogP contribution in [0.5, 0.6) is 5.75 Å². The number of ether oxygens (including phenoxy) is 1. The summed E-state index contributed by atoms with van der Waals surface area (Å²) in [5, 5.41) is 22.4. The molecule has 1 aromatic carbocycles. The number of nitriles is 1. The van der Waals surface area contributed by atoms with E-state index in [9.17, 15) is 9.59 Å². The van der Waals surface area contributed by atoms with Gasteiger partial charge in [-0.1, -0.05) is 12.1 Å². The number of aromatic nitrogens is 2.